The highest BCUT2D eigenvalue weighted by molar-refractivity contribution is 7.91. The molecular formula is C10H14FNO2S. The molecule has 0 fully saturated rings. The first-order valence-corrected chi connectivity index (χ1v) is 6.47. The molecular weight excluding hydrogens is 217 g/mol. The van der Waals surface area contributed by atoms with Gasteiger partial charge in [0, 0.05) is 12.3 Å². The van der Waals surface area contributed by atoms with Gasteiger partial charge < -0.3 is 5.73 Å². The average molecular weight is 231 g/mol. The SMILES string of the molecule is C[C@@H]([C@H](N)c1ccc(F)cc1)S(C)(=O)=O. The van der Waals surface area contributed by atoms with E-state index in [4.69, 9.17) is 5.73 Å². The molecule has 15 heavy (non-hydrogen) atoms. The second kappa shape index (κ2) is 4.28. The van der Waals surface area contributed by atoms with E-state index in [2.05, 4.69) is 0 Å². The van der Waals surface area contributed by atoms with Crippen LogP contribution in [0.25, 0.3) is 0 Å². The van der Waals surface area contributed by atoms with Gasteiger partial charge in [0.25, 0.3) is 0 Å². The Kier molecular flexibility index (Phi) is 3.46. The van der Waals surface area contributed by atoms with Gasteiger partial charge in [0.15, 0.2) is 9.84 Å². The standard InChI is InChI=1S/C10H14FNO2S/c1-7(15(2,13)14)10(12)8-3-5-9(11)6-4-8/h3-7,10H,12H2,1-2H3/t7-,10-/m0/s1. The van der Waals surface area contributed by atoms with Gasteiger partial charge in [-0.15, -0.1) is 0 Å². The monoisotopic (exact) mass is 231 g/mol. The molecule has 1 aromatic carbocycles. The molecule has 0 saturated heterocycles. The maximum Gasteiger partial charge on any atom is 0.151 e. The lowest BCUT2D eigenvalue weighted by molar-refractivity contribution is 0.570. The van der Waals surface area contributed by atoms with E-state index >= 15 is 0 Å². The molecule has 0 aromatic heterocycles. The third-order valence-electron chi connectivity index (χ3n) is 2.44. The fraction of sp³-hybridized carbons (Fsp3) is 0.400. The first-order valence-electron chi connectivity index (χ1n) is 4.52. The number of benzene rings is 1. The molecule has 84 valence electrons. The third kappa shape index (κ3) is 3.00. The van der Waals surface area contributed by atoms with Gasteiger partial charge in [-0.3, -0.25) is 0 Å². The summed E-state index contributed by atoms with van der Waals surface area (Å²) in [6.07, 6.45) is 1.14. The zero-order valence-corrected chi connectivity index (χ0v) is 9.46. The van der Waals surface area contributed by atoms with Gasteiger partial charge in [-0.2, -0.15) is 0 Å². The van der Waals surface area contributed by atoms with E-state index in [1.807, 2.05) is 0 Å². The van der Waals surface area contributed by atoms with Crippen LogP contribution in [-0.2, 0) is 9.84 Å². The van der Waals surface area contributed by atoms with Crippen LogP contribution in [0.3, 0.4) is 0 Å². The van der Waals surface area contributed by atoms with Crippen molar-refractivity contribution in [2.24, 2.45) is 5.73 Å². The molecule has 0 amide bonds. The summed E-state index contributed by atoms with van der Waals surface area (Å²) in [4.78, 5) is 0. The number of nitrogens with two attached hydrogens (primary N) is 1. The minimum absolute atomic E-state index is 0.363. The fourth-order valence-corrected chi connectivity index (χ4v) is 1.91. The van der Waals surface area contributed by atoms with Crippen LogP contribution in [0.15, 0.2) is 24.3 Å². The molecule has 5 heteroatoms. The van der Waals surface area contributed by atoms with Crippen LogP contribution < -0.4 is 5.73 Å². The van der Waals surface area contributed by atoms with Crippen LogP contribution in [0.5, 0.6) is 0 Å². The molecule has 0 aliphatic carbocycles. The van der Waals surface area contributed by atoms with Crippen LogP contribution >= 0.6 is 0 Å². The van der Waals surface area contributed by atoms with E-state index in [-0.39, 0.29) is 5.82 Å². The van der Waals surface area contributed by atoms with Crippen molar-refractivity contribution in [3.8, 4) is 0 Å². The summed E-state index contributed by atoms with van der Waals surface area (Å²) in [7, 11) is -3.18. The predicted molar refractivity (Wildman–Crippen MR) is 57.6 cm³/mol. The Balaban J connectivity index is 2.95. The van der Waals surface area contributed by atoms with E-state index in [0.717, 1.165) is 6.26 Å². The zero-order valence-electron chi connectivity index (χ0n) is 8.64. The van der Waals surface area contributed by atoms with Crippen LogP contribution in [0.2, 0.25) is 0 Å². The molecule has 1 rings (SSSR count). The normalized spacial score (nSPS) is 16.0. The summed E-state index contributed by atoms with van der Waals surface area (Å²) in [5.41, 5.74) is 6.39. The highest BCUT2D eigenvalue weighted by Gasteiger charge is 2.23. The van der Waals surface area contributed by atoms with Crippen molar-refractivity contribution in [1.29, 1.82) is 0 Å². The van der Waals surface area contributed by atoms with Crippen molar-refractivity contribution in [3.05, 3.63) is 35.6 Å². The van der Waals surface area contributed by atoms with E-state index in [9.17, 15) is 12.8 Å². The Morgan fingerprint density at radius 1 is 1.27 bits per heavy atom. The van der Waals surface area contributed by atoms with Gasteiger partial charge in [-0.05, 0) is 24.6 Å². The topological polar surface area (TPSA) is 60.2 Å². The first kappa shape index (κ1) is 12.1. The Labute approximate surface area is 89.0 Å². The summed E-state index contributed by atoms with van der Waals surface area (Å²) in [5.74, 6) is -0.363. The minimum Gasteiger partial charge on any atom is -0.323 e. The molecule has 2 atom stereocenters. The average Bonchev–Trinajstić information content (AvgIpc) is 2.15. The number of halogens is 1. The van der Waals surface area contributed by atoms with Gasteiger partial charge in [-0.1, -0.05) is 12.1 Å². The third-order valence-corrected chi connectivity index (χ3v) is 4.08. The molecule has 0 bridgehead atoms. The Bertz CT molecular complexity index is 427. The van der Waals surface area contributed by atoms with Crippen molar-refractivity contribution in [2.45, 2.75) is 18.2 Å². The summed E-state index contributed by atoms with van der Waals surface area (Å²) in [6.45, 7) is 1.54. The quantitative estimate of drug-likeness (QED) is 0.852. The highest BCUT2D eigenvalue weighted by Crippen LogP contribution is 2.19. The molecule has 2 N–H and O–H groups in total. The van der Waals surface area contributed by atoms with Crippen molar-refractivity contribution < 1.29 is 12.8 Å². The number of hydrogen-bond donors (Lipinski definition) is 1. The van der Waals surface area contributed by atoms with Crippen LogP contribution in [-0.4, -0.2) is 19.9 Å². The lowest BCUT2D eigenvalue weighted by Gasteiger charge is -2.18. The number of hydrogen-bond acceptors (Lipinski definition) is 3. The molecule has 0 aliphatic heterocycles. The van der Waals surface area contributed by atoms with Crippen molar-refractivity contribution in [3.63, 3.8) is 0 Å². The predicted octanol–water partition coefficient (Wildman–Crippen LogP) is 1.26. The highest BCUT2D eigenvalue weighted by atomic mass is 32.2. The summed E-state index contributed by atoms with van der Waals surface area (Å²) in [6, 6.07) is 4.91. The lowest BCUT2D eigenvalue weighted by Crippen LogP contribution is -2.30. The van der Waals surface area contributed by atoms with Crippen molar-refractivity contribution in [2.75, 3.05) is 6.26 Å². The Hall–Kier alpha value is -0.940. The number of sulfone groups is 1. The van der Waals surface area contributed by atoms with Crippen LogP contribution in [0.4, 0.5) is 4.39 Å². The molecule has 0 radical (unpaired) electrons. The maximum atomic E-state index is 12.6. The van der Waals surface area contributed by atoms with Gasteiger partial charge in [0.05, 0.1) is 5.25 Å². The van der Waals surface area contributed by atoms with Gasteiger partial charge in [-0.25, -0.2) is 12.8 Å². The van der Waals surface area contributed by atoms with Crippen molar-refractivity contribution in [1.82, 2.24) is 0 Å². The molecule has 0 unspecified atom stereocenters. The summed E-state index contributed by atoms with van der Waals surface area (Å²) < 4.78 is 35.1. The summed E-state index contributed by atoms with van der Waals surface area (Å²) >= 11 is 0. The van der Waals surface area contributed by atoms with Crippen LogP contribution in [0.1, 0.15) is 18.5 Å². The van der Waals surface area contributed by atoms with Crippen molar-refractivity contribution >= 4 is 9.84 Å². The van der Waals surface area contributed by atoms with E-state index in [1.165, 1.54) is 24.3 Å². The first-order chi connectivity index (χ1) is 6.82. The van der Waals surface area contributed by atoms with Gasteiger partial charge in [0.1, 0.15) is 5.82 Å². The van der Waals surface area contributed by atoms with Gasteiger partial charge in [0.2, 0.25) is 0 Å². The molecule has 0 heterocycles. The molecule has 0 aliphatic rings. The zero-order chi connectivity index (χ0) is 11.6. The molecule has 0 spiro atoms. The van der Waals surface area contributed by atoms with E-state index in [1.54, 1.807) is 6.92 Å². The Morgan fingerprint density at radius 3 is 2.13 bits per heavy atom. The second-order valence-corrected chi connectivity index (χ2v) is 6.01. The number of rotatable bonds is 3. The fourth-order valence-electron chi connectivity index (χ4n) is 1.22. The maximum absolute atomic E-state index is 12.6. The molecule has 1 aromatic rings. The second-order valence-electron chi connectivity index (χ2n) is 3.61. The van der Waals surface area contributed by atoms with E-state index < -0.39 is 21.1 Å². The molecule has 0 saturated carbocycles. The molecule has 3 nitrogen and oxygen atoms in total. The van der Waals surface area contributed by atoms with E-state index in [0.29, 0.717) is 5.56 Å². The Morgan fingerprint density at radius 2 is 1.73 bits per heavy atom. The lowest BCUT2D eigenvalue weighted by atomic mass is 10.1. The minimum atomic E-state index is -3.18. The largest absolute Gasteiger partial charge is 0.323 e. The smallest absolute Gasteiger partial charge is 0.151 e. The van der Waals surface area contributed by atoms with Crippen LogP contribution in [0, 0.1) is 5.82 Å². The summed E-state index contributed by atoms with van der Waals surface area (Å²) in [5, 5.41) is -0.678. The van der Waals surface area contributed by atoms with Gasteiger partial charge >= 0.3 is 0 Å².